The summed E-state index contributed by atoms with van der Waals surface area (Å²) < 4.78 is 1.35. The molecule has 0 fully saturated rings. The maximum atomic E-state index is 3.67. The molecule has 0 aromatic heterocycles. The van der Waals surface area contributed by atoms with E-state index in [4.69, 9.17) is 0 Å². The molecule has 100 valence electrons. The van der Waals surface area contributed by atoms with E-state index < -0.39 is 0 Å². The summed E-state index contributed by atoms with van der Waals surface area (Å²) in [4.78, 5) is 0. The van der Waals surface area contributed by atoms with Gasteiger partial charge in [-0.15, -0.1) is 0 Å². The van der Waals surface area contributed by atoms with Crippen LogP contribution in [0, 0.1) is 6.92 Å². The van der Waals surface area contributed by atoms with Crippen molar-refractivity contribution in [2.75, 3.05) is 0 Å². The van der Waals surface area contributed by atoms with Crippen LogP contribution in [-0.4, -0.2) is 0 Å². The highest BCUT2D eigenvalue weighted by atomic mass is 127. The maximum Gasteiger partial charge on any atom is 0.0195 e. The second kappa shape index (κ2) is 8.16. The molecule has 0 nitrogen and oxygen atoms in total. The molecule has 0 N–H and O–H groups in total. The number of hydrogen-bond donors (Lipinski definition) is 0. The van der Waals surface area contributed by atoms with Gasteiger partial charge >= 0.3 is 0 Å². The lowest BCUT2D eigenvalue weighted by Crippen LogP contribution is -1.85. The van der Waals surface area contributed by atoms with Gasteiger partial charge < -0.3 is 0 Å². The van der Waals surface area contributed by atoms with Crippen LogP contribution in [0.4, 0.5) is 0 Å². The number of rotatable bonds is 5. The van der Waals surface area contributed by atoms with Crippen LogP contribution in [0.5, 0.6) is 0 Å². The van der Waals surface area contributed by atoms with E-state index >= 15 is 0 Å². The molecule has 1 rings (SSSR count). The Labute approximate surface area is 130 Å². The molecular formula is C18H21I. The summed E-state index contributed by atoms with van der Waals surface area (Å²) in [5, 5.41) is 0. The Morgan fingerprint density at radius 2 is 1.79 bits per heavy atom. The first kappa shape index (κ1) is 16.0. The van der Waals surface area contributed by atoms with Gasteiger partial charge in [0.25, 0.3) is 0 Å². The average molecular weight is 364 g/mol. The Morgan fingerprint density at radius 3 is 2.37 bits per heavy atom. The molecule has 0 saturated heterocycles. The van der Waals surface area contributed by atoms with Crippen LogP contribution in [0.25, 0.3) is 3.58 Å². The molecule has 1 aromatic rings. The normalized spacial score (nSPS) is 13.6. The van der Waals surface area contributed by atoms with Crippen molar-refractivity contribution >= 4 is 26.2 Å². The molecule has 0 radical (unpaired) electrons. The van der Waals surface area contributed by atoms with E-state index in [0.29, 0.717) is 0 Å². The van der Waals surface area contributed by atoms with Gasteiger partial charge in [-0.1, -0.05) is 71.9 Å². The summed E-state index contributed by atoms with van der Waals surface area (Å²) in [7, 11) is 0. The second-order valence-electron chi connectivity index (χ2n) is 4.77. The Bertz CT molecular complexity index is 513. The number of benzene rings is 1. The molecule has 0 aliphatic heterocycles. The third-order valence-corrected chi connectivity index (χ3v) is 4.40. The summed E-state index contributed by atoms with van der Waals surface area (Å²) in [5.41, 5.74) is 5.37. The number of hydrogen-bond acceptors (Lipinski definition) is 0. The predicted molar refractivity (Wildman–Crippen MR) is 95.5 cm³/mol. The fraction of sp³-hybridized carbons (Fsp3) is 0.222. The summed E-state index contributed by atoms with van der Waals surface area (Å²) in [6.07, 6.45) is 8.93. The van der Waals surface area contributed by atoms with Crippen LogP contribution >= 0.6 is 22.6 Å². The molecular weight excluding hydrogens is 343 g/mol. The fourth-order valence-electron chi connectivity index (χ4n) is 1.80. The SMILES string of the molecule is C=C/C=C\C=C(/C)C/C(C)=C(/I)c1ccc(C)cc1. The number of halogens is 1. The molecule has 0 unspecified atom stereocenters. The van der Waals surface area contributed by atoms with Gasteiger partial charge in [0, 0.05) is 3.58 Å². The lowest BCUT2D eigenvalue weighted by atomic mass is 10.0. The van der Waals surface area contributed by atoms with Crippen LogP contribution in [0.1, 0.15) is 31.4 Å². The Morgan fingerprint density at radius 1 is 1.16 bits per heavy atom. The highest BCUT2D eigenvalue weighted by Crippen LogP contribution is 2.29. The van der Waals surface area contributed by atoms with E-state index in [2.05, 4.69) is 80.3 Å². The van der Waals surface area contributed by atoms with Crippen molar-refractivity contribution in [3.63, 3.8) is 0 Å². The van der Waals surface area contributed by atoms with Crippen molar-refractivity contribution in [1.29, 1.82) is 0 Å². The summed E-state index contributed by atoms with van der Waals surface area (Å²) >= 11 is 2.44. The molecule has 0 heterocycles. The molecule has 0 saturated carbocycles. The topological polar surface area (TPSA) is 0 Å². The highest BCUT2D eigenvalue weighted by molar-refractivity contribution is 14.1. The first-order valence-electron chi connectivity index (χ1n) is 6.41. The van der Waals surface area contributed by atoms with Gasteiger partial charge in [-0.25, -0.2) is 0 Å². The smallest absolute Gasteiger partial charge is 0.0195 e. The highest BCUT2D eigenvalue weighted by Gasteiger charge is 2.03. The van der Waals surface area contributed by atoms with Gasteiger partial charge in [-0.3, -0.25) is 0 Å². The van der Waals surface area contributed by atoms with Crippen LogP contribution in [0.2, 0.25) is 0 Å². The maximum absolute atomic E-state index is 3.67. The van der Waals surface area contributed by atoms with E-state index in [1.54, 1.807) is 6.08 Å². The van der Waals surface area contributed by atoms with Gasteiger partial charge in [0.2, 0.25) is 0 Å². The van der Waals surface area contributed by atoms with Gasteiger partial charge in [0.1, 0.15) is 0 Å². The molecule has 0 spiro atoms. The largest absolute Gasteiger partial charge is 0.0991 e. The lowest BCUT2D eigenvalue weighted by molar-refractivity contribution is 1.12. The Hall–Kier alpha value is -1.09. The van der Waals surface area contributed by atoms with Crippen LogP contribution in [0.15, 0.2) is 66.3 Å². The lowest BCUT2D eigenvalue weighted by Gasteiger charge is -2.07. The van der Waals surface area contributed by atoms with Crippen molar-refractivity contribution < 1.29 is 0 Å². The van der Waals surface area contributed by atoms with Gasteiger partial charge in [0.05, 0.1) is 0 Å². The summed E-state index contributed by atoms with van der Waals surface area (Å²) in [6.45, 7) is 10.2. The third-order valence-electron chi connectivity index (χ3n) is 2.85. The molecule has 0 aliphatic rings. The molecule has 1 heteroatoms. The zero-order valence-corrected chi connectivity index (χ0v) is 14.1. The minimum Gasteiger partial charge on any atom is -0.0991 e. The minimum atomic E-state index is 1.01. The van der Waals surface area contributed by atoms with Crippen LogP contribution < -0.4 is 0 Å². The van der Waals surface area contributed by atoms with Gasteiger partial charge in [-0.05, 0) is 55.3 Å². The van der Waals surface area contributed by atoms with Gasteiger partial charge in [0.15, 0.2) is 0 Å². The van der Waals surface area contributed by atoms with E-state index in [0.717, 1.165) is 6.42 Å². The van der Waals surface area contributed by atoms with E-state index in [1.165, 1.54) is 25.9 Å². The van der Waals surface area contributed by atoms with Crippen LogP contribution in [0.3, 0.4) is 0 Å². The van der Waals surface area contributed by atoms with Crippen LogP contribution in [-0.2, 0) is 0 Å². The molecule has 0 aliphatic carbocycles. The molecule has 0 amide bonds. The number of allylic oxidation sites excluding steroid dienone is 6. The zero-order chi connectivity index (χ0) is 14.3. The third kappa shape index (κ3) is 5.60. The Balaban J connectivity index is 2.84. The summed E-state index contributed by atoms with van der Waals surface area (Å²) in [5.74, 6) is 0. The number of aryl methyl sites for hydroxylation is 1. The summed E-state index contributed by atoms with van der Waals surface area (Å²) in [6, 6.07) is 8.71. The second-order valence-corrected chi connectivity index (χ2v) is 5.85. The quantitative estimate of drug-likeness (QED) is 0.429. The van der Waals surface area contributed by atoms with E-state index in [-0.39, 0.29) is 0 Å². The first-order valence-corrected chi connectivity index (χ1v) is 7.49. The standard InChI is InChI=1S/C18H21I/c1-5-6-7-8-15(3)13-16(4)18(19)17-11-9-14(2)10-12-17/h5-12H,1,13H2,2-4H3/b7-6-,15-8+,18-16+. The van der Waals surface area contributed by atoms with Crippen molar-refractivity contribution in [1.82, 2.24) is 0 Å². The monoisotopic (exact) mass is 364 g/mol. The van der Waals surface area contributed by atoms with Crippen molar-refractivity contribution in [3.05, 3.63) is 77.4 Å². The Kier molecular flexibility index (Phi) is 6.85. The average Bonchev–Trinajstić information content (AvgIpc) is 2.39. The van der Waals surface area contributed by atoms with E-state index in [1.807, 2.05) is 12.2 Å². The first-order chi connectivity index (χ1) is 9.04. The van der Waals surface area contributed by atoms with Crippen molar-refractivity contribution in [2.24, 2.45) is 0 Å². The zero-order valence-electron chi connectivity index (χ0n) is 11.9. The predicted octanol–water partition coefficient (Wildman–Crippen LogP) is 6.24. The molecule has 19 heavy (non-hydrogen) atoms. The molecule has 1 aromatic carbocycles. The van der Waals surface area contributed by atoms with Gasteiger partial charge in [-0.2, -0.15) is 0 Å². The molecule has 0 bridgehead atoms. The fourth-order valence-corrected chi connectivity index (χ4v) is 2.35. The minimum absolute atomic E-state index is 1.01. The van der Waals surface area contributed by atoms with Crippen molar-refractivity contribution in [2.45, 2.75) is 27.2 Å². The van der Waals surface area contributed by atoms with Crippen molar-refractivity contribution in [3.8, 4) is 0 Å². The van der Waals surface area contributed by atoms with E-state index in [9.17, 15) is 0 Å². The molecule has 0 atom stereocenters.